The van der Waals surface area contributed by atoms with E-state index in [4.69, 9.17) is 4.42 Å². The highest BCUT2D eigenvalue weighted by molar-refractivity contribution is 7.33. The lowest BCUT2D eigenvalue weighted by Gasteiger charge is -2.44. The van der Waals surface area contributed by atoms with Crippen molar-refractivity contribution in [2.45, 2.75) is 0 Å². The Kier molecular flexibility index (Phi) is 11.5. The smallest absolute Gasteiger partial charge is 0.264 e. The van der Waals surface area contributed by atoms with Gasteiger partial charge < -0.3 is 19.1 Å². The number of benzene rings is 12. The summed E-state index contributed by atoms with van der Waals surface area (Å²) < 4.78 is 8.78. The zero-order chi connectivity index (χ0) is 54.1. The van der Waals surface area contributed by atoms with E-state index >= 15 is 0 Å². The minimum absolute atomic E-state index is 0.130. The maximum absolute atomic E-state index is 6.24. The van der Waals surface area contributed by atoms with Crippen molar-refractivity contribution >= 4 is 106 Å². The van der Waals surface area contributed by atoms with Crippen molar-refractivity contribution in [1.82, 2.24) is 0 Å². The molecule has 82 heavy (non-hydrogen) atoms. The Bertz CT molecular complexity index is 4660. The summed E-state index contributed by atoms with van der Waals surface area (Å²) in [6, 6.07) is 109. The second-order valence-electron chi connectivity index (χ2n) is 21.2. The van der Waals surface area contributed by atoms with Crippen LogP contribution in [0.3, 0.4) is 0 Å². The van der Waals surface area contributed by atoms with Gasteiger partial charge in [-0.15, -0.1) is 11.3 Å². The normalized spacial score (nSPS) is 12.3. The second-order valence-corrected chi connectivity index (χ2v) is 22.2. The van der Waals surface area contributed by atoms with Crippen molar-refractivity contribution in [3.05, 3.63) is 304 Å². The quantitative estimate of drug-likeness (QED) is 0.127. The van der Waals surface area contributed by atoms with Crippen LogP contribution in [0.15, 0.2) is 308 Å². The fraction of sp³-hybridized carbons (Fsp3) is 0. The van der Waals surface area contributed by atoms with Gasteiger partial charge in [-0.3, -0.25) is 0 Å². The predicted molar refractivity (Wildman–Crippen MR) is 347 cm³/mol. The summed E-state index contributed by atoms with van der Waals surface area (Å²) >= 11 is 1.93. The molecule has 0 atom stereocenters. The van der Waals surface area contributed by atoms with E-state index < -0.39 is 0 Å². The molecule has 0 aliphatic carbocycles. The Balaban J connectivity index is 1.04. The minimum Gasteiger partial charge on any atom is -0.464 e. The van der Waals surface area contributed by atoms with Crippen LogP contribution in [0.2, 0.25) is 0 Å². The Morgan fingerprint density at radius 1 is 0.354 bits per heavy atom. The Morgan fingerprint density at radius 3 is 1.61 bits per heavy atom. The van der Waals surface area contributed by atoms with Crippen LogP contribution in [0.25, 0.3) is 76.7 Å². The van der Waals surface area contributed by atoms with E-state index in [2.05, 4.69) is 312 Å². The van der Waals surface area contributed by atoms with Gasteiger partial charge in [0.15, 0.2) is 0 Å². The molecule has 4 heterocycles. The van der Waals surface area contributed by atoms with Crippen molar-refractivity contribution in [3.8, 4) is 55.6 Å². The van der Waals surface area contributed by atoms with Gasteiger partial charge in [0, 0.05) is 71.2 Å². The number of fused-ring (bicyclic) bond motifs is 7. The molecule has 0 spiro atoms. The van der Waals surface area contributed by atoms with E-state index in [1.54, 1.807) is 6.26 Å². The minimum atomic E-state index is -0.130. The Labute approximate surface area is 481 Å². The standard InChI is InChI=1S/C76H50BN3OS/c1-7-22-51(23-8-1)55-39-43-72-66(46-55)74-76(82-72)77-67-41-40-61(78(58-29-13-4-14-30-58)59-31-15-5-16-32-59)50-69(67)79(60-33-17-6-18-34-60)70-48-57(63-36-20-19-35-62(63)52-24-9-2-10-25-52)49-71(73(70)77)80(74)68-42-38-56(47-65(68)53-26-11-3-12-27-53)64-37-21-28-54-44-45-81-75(54)64/h1-50H. The van der Waals surface area contributed by atoms with E-state index in [0.29, 0.717) is 0 Å². The maximum atomic E-state index is 6.24. The van der Waals surface area contributed by atoms with Crippen molar-refractivity contribution < 1.29 is 4.42 Å². The summed E-state index contributed by atoms with van der Waals surface area (Å²) in [6.45, 7) is -0.130. The highest BCUT2D eigenvalue weighted by atomic mass is 32.1. The van der Waals surface area contributed by atoms with Gasteiger partial charge in [0.05, 0.1) is 17.6 Å². The molecule has 0 amide bonds. The summed E-state index contributed by atoms with van der Waals surface area (Å²) in [5.74, 6) is 0. The highest BCUT2D eigenvalue weighted by Crippen LogP contribution is 2.53. The molecule has 0 saturated heterocycles. The lowest BCUT2D eigenvalue weighted by Crippen LogP contribution is -2.60. The molecule has 16 rings (SSSR count). The fourth-order valence-corrected chi connectivity index (χ4v) is 14.1. The van der Waals surface area contributed by atoms with Crippen molar-refractivity contribution in [2.75, 3.05) is 14.7 Å². The average molecular weight is 1060 g/mol. The Morgan fingerprint density at radius 2 is 0.927 bits per heavy atom. The third-order valence-electron chi connectivity index (χ3n) is 16.5. The number of hydrogen-bond acceptors (Lipinski definition) is 5. The molecule has 0 unspecified atom stereocenters. The molecule has 4 nitrogen and oxygen atoms in total. The molecule has 2 aromatic heterocycles. The number of nitrogens with zero attached hydrogens (tertiary/aromatic N) is 3. The molecule has 0 saturated carbocycles. The Hall–Kier alpha value is -10.4. The molecule has 2 aliphatic rings. The van der Waals surface area contributed by atoms with Gasteiger partial charge in [0.25, 0.3) is 6.71 Å². The molecule has 384 valence electrons. The van der Waals surface area contributed by atoms with Crippen molar-refractivity contribution in [1.29, 1.82) is 0 Å². The third-order valence-corrected chi connectivity index (χ3v) is 17.7. The van der Waals surface area contributed by atoms with Gasteiger partial charge in [-0.25, -0.2) is 0 Å². The molecule has 0 radical (unpaired) electrons. The average Bonchev–Trinajstić information content (AvgIpc) is 2.71. The van der Waals surface area contributed by atoms with Gasteiger partial charge in [-0.2, -0.15) is 0 Å². The summed E-state index contributed by atoms with van der Waals surface area (Å²) in [5.41, 5.74) is 24.9. The van der Waals surface area contributed by atoms with Crippen molar-refractivity contribution in [3.63, 3.8) is 0 Å². The molecular weight excluding hydrogens is 1010 g/mol. The van der Waals surface area contributed by atoms with Crippen LogP contribution in [-0.4, -0.2) is 6.71 Å². The first-order valence-corrected chi connectivity index (χ1v) is 28.8. The van der Waals surface area contributed by atoms with Crippen LogP contribution in [0, 0.1) is 0 Å². The lowest BCUT2D eigenvalue weighted by molar-refractivity contribution is 0.617. The van der Waals surface area contributed by atoms with E-state index in [1.165, 1.54) is 53.7 Å². The SMILES string of the molecule is c1ccc(-c2ccc3sc4c(c3c2)N(c2ccc(-c3cccc5ccoc35)cc2-c2ccccc2)c2cc(-c3ccccc3-c3ccccc3)cc3c2B4c2ccc(N(c4ccccc4)c4ccccc4)cc2N3c2ccccc2)cc1. The van der Waals surface area contributed by atoms with Gasteiger partial charge in [-0.05, 0) is 146 Å². The molecule has 12 aromatic carbocycles. The highest BCUT2D eigenvalue weighted by Gasteiger charge is 2.46. The zero-order valence-electron chi connectivity index (χ0n) is 44.6. The van der Waals surface area contributed by atoms with Crippen LogP contribution in [0.4, 0.5) is 51.2 Å². The van der Waals surface area contributed by atoms with Crippen molar-refractivity contribution in [2.24, 2.45) is 0 Å². The van der Waals surface area contributed by atoms with E-state index in [0.717, 1.165) is 89.8 Å². The van der Waals surface area contributed by atoms with E-state index in [1.807, 2.05) is 11.3 Å². The monoisotopic (exact) mass is 1060 g/mol. The fourth-order valence-electron chi connectivity index (χ4n) is 12.9. The molecule has 0 N–H and O–H groups in total. The van der Waals surface area contributed by atoms with Crippen LogP contribution >= 0.6 is 11.3 Å². The first-order valence-electron chi connectivity index (χ1n) is 28.0. The summed E-state index contributed by atoms with van der Waals surface area (Å²) in [4.78, 5) is 7.57. The molecule has 6 heteroatoms. The number of hydrogen-bond donors (Lipinski definition) is 0. The van der Waals surface area contributed by atoms with Crippen LogP contribution in [0.1, 0.15) is 0 Å². The van der Waals surface area contributed by atoms with E-state index in [-0.39, 0.29) is 6.71 Å². The number of anilines is 9. The molecule has 0 fully saturated rings. The first kappa shape index (κ1) is 47.6. The molecule has 2 aliphatic heterocycles. The summed E-state index contributed by atoms with van der Waals surface area (Å²) in [6.07, 6.45) is 1.80. The first-order chi connectivity index (χ1) is 40.7. The topological polar surface area (TPSA) is 22.9 Å². The zero-order valence-corrected chi connectivity index (χ0v) is 45.4. The van der Waals surface area contributed by atoms with Gasteiger partial charge in [-0.1, -0.05) is 206 Å². The van der Waals surface area contributed by atoms with Gasteiger partial charge >= 0.3 is 0 Å². The number of para-hydroxylation sites is 4. The second kappa shape index (κ2) is 19.8. The number of rotatable bonds is 10. The van der Waals surface area contributed by atoms with Gasteiger partial charge in [0.1, 0.15) is 5.58 Å². The third kappa shape index (κ3) is 7.90. The lowest BCUT2D eigenvalue weighted by atomic mass is 9.36. The number of thiophene rings is 1. The number of furan rings is 1. The largest absolute Gasteiger partial charge is 0.464 e. The maximum Gasteiger partial charge on any atom is 0.264 e. The van der Waals surface area contributed by atoms with Crippen LogP contribution in [0.5, 0.6) is 0 Å². The van der Waals surface area contributed by atoms with Gasteiger partial charge in [0.2, 0.25) is 0 Å². The summed E-state index contributed by atoms with van der Waals surface area (Å²) in [7, 11) is 0. The summed E-state index contributed by atoms with van der Waals surface area (Å²) in [5, 5.41) is 2.30. The van der Waals surface area contributed by atoms with Crippen LogP contribution in [-0.2, 0) is 0 Å². The van der Waals surface area contributed by atoms with E-state index in [9.17, 15) is 0 Å². The predicted octanol–water partition coefficient (Wildman–Crippen LogP) is 19.5. The molecule has 14 aromatic rings. The molecular formula is C76H50BN3OS. The molecule has 0 bridgehead atoms. The van der Waals surface area contributed by atoms with Crippen LogP contribution < -0.4 is 30.4 Å².